The number of nitrogens with zero attached hydrogens (tertiary/aromatic N) is 2. The van der Waals surface area contributed by atoms with Crippen molar-refractivity contribution in [3.63, 3.8) is 0 Å². The Bertz CT molecular complexity index is 781. The molecular weight excluding hydrogens is 361 g/mol. The van der Waals surface area contributed by atoms with Crippen LogP contribution in [0.5, 0.6) is 5.75 Å². The first-order valence-corrected chi connectivity index (χ1v) is 7.62. The monoisotopic (exact) mass is 372 g/mol. The minimum absolute atomic E-state index is 0.0285. The third kappa shape index (κ3) is 3.79. The number of hydrogen-bond donors (Lipinski definition) is 0. The second kappa shape index (κ2) is 6.79. The van der Waals surface area contributed by atoms with Crippen LogP contribution in [0.25, 0.3) is 0 Å². The average Bonchev–Trinajstić information content (AvgIpc) is 2.99. The van der Waals surface area contributed by atoms with Crippen molar-refractivity contribution >= 4 is 23.5 Å². The van der Waals surface area contributed by atoms with Crippen molar-refractivity contribution in [1.29, 1.82) is 0 Å². The molecular formula is C16H12ClF3N2O3. The van der Waals surface area contributed by atoms with E-state index in [1.54, 1.807) is 0 Å². The Balaban J connectivity index is 1.73. The minimum atomic E-state index is -4.53. The molecule has 0 saturated carbocycles. The third-order valence-corrected chi connectivity index (χ3v) is 3.92. The molecule has 3 rings (SSSR count). The van der Waals surface area contributed by atoms with Gasteiger partial charge in [-0.25, -0.2) is 9.78 Å². The summed E-state index contributed by atoms with van der Waals surface area (Å²) in [5, 5.41) is -0.0285. The Morgan fingerprint density at radius 2 is 2.08 bits per heavy atom. The number of hydrogen-bond acceptors (Lipinski definition) is 4. The van der Waals surface area contributed by atoms with Gasteiger partial charge in [-0.15, -0.1) is 0 Å². The van der Waals surface area contributed by atoms with E-state index in [9.17, 15) is 18.0 Å². The van der Waals surface area contributed by atoms with E-state index in [0.29, 0.717) is 12.4 Å². The number of pyridine rings is 1. The van der Waals surface area contributed by atoms with Crippen LogP contribution in [0.15, 0.2) is 36.5 Å². The number of cyclic esters (lactones) is 1. The Morgan fingerprint density at radius 3 is 2.68 bits per heavy atom. The molecule has 0 bridgehead atoms. The van der Waals surface area contributed by atoms with Crippen LogP contribution in [-0.4, -0.2) is 24.2 Å². The second-order valence-corrected chi connectivity index (χ2v) is 5.58. The summed E-state index contributed by atoms with van der Waals surface area (Å²) >= 11 is 5.88. The summed E-state index contributed by atoms with van der Waals surface area (Å²) < 4.78 is 49.3. The minimum Gasteiger partial charge on any atom is -0.487 e. The molecule has 2 heterocycles. The van der Waals surface area contributed by atoms with Gasteiger partial charge < -0.3 is 9.47 Å². The Labute approximate surface area is 145 Å². The maximum Gasteiger partial charge on any atom is 0.416 e. The van der Waals surface area contributed by atoms with Crippen molar-refractivity contribution in [2.75, 3.05) is 18.1 Å². The first-order valence-electron chi connectivity index (χ1n) is 7.24. The van der Waals surface area contributed by atoms with Gasteiger partial charge in [-0.2, -0.15) is 13.2 Å². The van der Waals surface area contributed by atoms with E-state index in [-0.39, 0.29) is 29.5 Å². The highest BCUT2D eigenvalue weighted by molar-refractivity contribution is 6.31. The molecule has 1 aromatic carbocycles. The molecule has 0 radical (unpaired) electrons. The summed E-state index contributed by atoms with van der Waals surface area (Å²) in [4.78, 5) is 16.9. The van der Waals surface area contributed by atoms with Gasteiger partial charge >= 0.3 is 12.3 Å². The number of halogens is 4. The molecule has 2 aromatic rings. The molecule has 1 amide bonds. The molecule has 0 atom stereocenters. The van der Waals surface area contributed by atoms with Gasteiger partial charge in [0.15, 0.2) is 0 Å². The number of ether oxygens (including phenoxy) is 2. The Morgan fingerprint density at radius 1 is 1.28 bits per heavy atom. The van der Waals surface area contributed by atoms with Gasteiger partial charge in [0.05, 0.1) is 18.3 Å². The molecule has 1 aliphatic rings. The predicted octanol–water partition coefficient (Wildman–Crippen LogP) is 4.29. The van der Waals surface area contributed by atoms with Gasteiger partial charge in [-0.05, 0) is 24.3 Å². The van der Waals surface area contributed by atoms with E-state index in [0.717, 1.165) is 6.07 Å². The van der Waals surface area contributed by atoms with Crippen molar-refractivity contribution in [2.24, 2.45) is 0 Å². The van der Waals surface area contributed by atoms with Crippen LogP contribution in [-0.2, 0) is 17.5 Å². The Kier molecular flexibility index (Phi) is 4.71. The normalized spacial score (nSPS) is 14.6. The fourth-order valence-electron chi connectivity index (χ4n) is 2.35. The van der Waals surface area contributed by atoms with E-state index in [1.165, 1.54) is 35.4 Å². The number of rotatable bonds is 4. The highest BCUT2D eigenvalue weighted by Crippen LogP contribution is 2.35. The molecule has 0 spiro atoms. The lowest BCUT2D eigenvalue weighted by Crippen LogP contribution is -2.24. The molecule has 0 aliphatic carbocycles. The molecule has 0 unspecified atom stereocenters. The van der Waals surface area contributed by atoms with Crippen LogP contribution in [0.4, 0.5) is 23.8 Å². The van der Waals surface area contributed by atoms with Crippen molar-refractivity contribution < 1.29 is 27.4 Å². The molecule has 5 nitrogen and oxygen atoms in total. The molecule has 25 heavy (non-hydrogen) atoms. The summed E-state index contributed by atoms with van der Waals surface area (Å²) in [6, 6.07) is 6.60. The maximum atomic E-state index is 13.0. The van der Waals surface area contributed by atoms with Gasteiger partial charge in [-0.1, -0.05) is 17.7 Å². The van der Waals surface area contributed by atoms with E-state index in [4.69, 9.17) is 21.1 Å². The predicted molar refractivity (Wildman–Crippen MR) is 83.7 cm³/mol. The van der Waals surface area contributed by atoms with Crippen molar-refractivity contribution in [3.05, 3.63) is 52.7 Å². The zero-order chi connectivity index (χ0) is 18.0. The summed E-state index contributed by atoms with van der Waals surface area (Å²) in [5.41, 5.74) is -0.992. The smallest absolute Gasteiger partial charge is 0.416 e. The molecule has 0 N–H and O–H groups in total. The SMILES string of the molecule is O=C1OCCN1c1ccc(OCc2c(Cl)cccc2C(F)(F)F)cn1. The van der Waals surface area contributed by atoms with Gasteiger partial charge in [0.1, 0.15) is 24.8 Å². The summed E-state index contributed by atoms with van der Waals surface area (Å²) in [5.74, 6) is 0.632. The van der Waals surface area contributed by atoms with Crippen LogP contribution >= 0.6 is 11.6 Å². The first-order chi connectivity index (χ1) is 11.9. The van der Waals surface area contributed by atoms with E-state index in [2.05, 4.69) is 4.98 Å². The standard InChI is InChI=1S/C16H12ClF3N2O3/c17-13-3-1-2-12(16(18,19)20)11(13)9-25-10-4-5-14(21-8-10)22-6-7-24-15(22)23/h1-5,8H,6-7,9H2. The van der Waals surface area contributed by atoms with Crippen LogP contribution in [0.3, 0.4) is 0 Å². The number of carbonyl (C=O) groups is 1. The fourth-order valence-corrected chi connectivity index (χ4v) is 2.57. The summed E-state index contributed by atoms with van der Waals surface area (Å²) in [7, 11) is 0. The third-order valence-electron chi connectivity index (χ3n) is 3.57. The number of anilines is 1. The quantitative estimate of drug-likeness (QED) is 0.803. The van der Waals surface area contributed by atoms with Crippen LogP contribution in [0, 0.1) is 0 Å². The molecule has 1 fully saturated rings. The van der Waals surface area contributed by atoms with Gasteiger partial charge in [-0.3, -0.25) is 4.90 Å². The van der Waals surface area contributed by atoms with Crippen LogP contribution < -0.4 is 9.64 Å². The largest absolute Gasteiger partial charge is 0.487 e. The van der Waals surface area contributed by atoms with Crippen molar-refractivity contribution in [1.82, 2.24) is 4.98 Å². The summed E-state index contributed by atoms with van der Waals surface area (Å²) in [6.07, 6.45) is -3.69. The molecule has 9 heteroatoms. The van der Waals surface area contributed by atoms with Crippen LogP contribution in [0.2, 0.25) is 5.02 Å². The lowest BCUT2D eigenvalue weighted by Gasteiger charge is -2.15. The topological polar surface area (TPSA) is 51.7 Å². The van der Waals surface area contributed by atoms with Gasteiger partial charge in [0, 0.05) is 10.6 Å². The number of alkyl halides is 3. The first kappa shape index (κ1) is 17.3. The number of benzene rings is 1. The van der Waals surface area contributed by atoms with Crippen molar-refractivity contribution in [2.45, 2.75) is 12.8 Å². The van der Waals surface area contributed by atoms with Gasteiger partial charge in [0.25, 0.3) is 0 Å². The molecule has 1 saturated heterocycles. The highest BCUT2D eigenvalue weighted by Gasteiger charge is 2.34. The highest BCUT2D eigenvalue weighted by atomic mass is 35.5. The van der Waals surface area contributed by atoms with E-state index in [1.807, 2.05) is 0 Å². The zero-order valence-corrected chi connectivity index (χ0v) is 13.5. The molecule has 1 aromatic heterocycles. The fraction of sp³-hybridized carbons (Fsp3) is 0.250. The molecule has 132 valence electrons. The van der Waals surface area contributed by atoms with E-state index < -0.39 is 17.8 Å². The Hall–Kier alpha value is -2.48. The average molecular weight is 373 g/mol. The maximum absolute atomic E-state index is 13.0. The molecule has 1 aliphatic heterocycles. The zero-order valence-electron chi connectivity index (χ0n) is 12.7. The lowest BCUT2D eigenvalue weighted by atomic mass is 10.1. The van der Waals surface area contributed by atoms with Gasteiger partial charge in [0.2, 0.25) is 0 Å². The van der Waals surface area contributed by atoms with Crippen molar-refractivity contribution in [3.8, 4) is 5.75 Å². The number of carbonyl (C=O) groups excluding carboxylic acids is 1. The van der Waals surface area contributed by atoms with E-state index >= 15 is 0 Å². The number of aromatic nitrogens is 1. The summed E-state index contributed by atoms with van der Waals surface area (Å²) in [6.45, 7) is 0.313. The lowest BCUT2D eigenvalue weighted by molar-refractivity contribution is -0.138. The second-order valence-electron chi connectivity index (χ2n) is 5.17. The number of amides is 1. The van der Waals surface area contributed by atoms with Crippen LogP contribution in [0.1, 0.15) is 11.1 Å².